The Balaban J connectivity index is 1.78. The smallest absolute Gasteiger partial charge is 0.347 e. The molecule has 0 spiro atoms. The number of likely N-dealkylation sites (tertiary alicyclic amines) is 1. The zero-order valence-electron chi connectivity index (χ0n) is 39.6. The Hall–Kier alpha value is -3.60. The monoisotopic (exact) mass is 907 g/mol. The highest BCUT2D eigenvalue weighted by Gasteiger charge is 2.44. The molecular weight excluding hydrogens is 828 g/mol. The van der Waals surface area contributed by atoms with Crippen LogP contribution in [0.1, 0.15) is 91.5 Å². The van der Waals surface area contributed by atoms with E-state index in [4.69, 9.17) is 20.2 Å². The molecule has 0 aromatic heterocycles. The van der Waals surface area contributed by atoms with Gasteiger partial charge in [0.05, 0.1) is 36.6 Å². The number of nitrogens with two attached hydrogens (primary N) is 1. The van der Waals surface area contributed by atoms with Gasteiger partial charge in [-0.2, -0.15) is 0 Å². The maximum atomic E-state index is 14.7. The van der Waals surface area contributed by atoms with Gasteiger partial charge in [0.2, 0.25) is 23.6 Å². The number of amides is 4. The fourth-order valence-electron chi connectivity index (χ4n) is 8.91. The number of ether oxygens (including phenoxy) is 2. The first kappa shape index (κ1) is 53.7. The molecule has 0 radical (unpaired) electrons. The number of carbonyl (C=O) groups excluding carboxylic acids is 4. The van der Waals surface area contributed by atoms with Crippen molar-refractivity contribution in [3.05, 3.63) is 35.9 Å². The molecule has 1 aromatic carbocycles. The van der Waals surface area contributed by atoms with Crippen LogP contribution < -0.4 is 11.1 Å². The van der Waals surface area contributed by atoms with Gasteiger partial charge in [0, 0.05) is 80.9 Å². The summed E-state index contributed by atoms with van der Waals surface area (Å²) in [4.78, 5) is 90.4. The quantitative estimate of drug-likeness (QED) is 0.0540. The number of methoxy groups -OCH3 is 2. The van der Waals surface area contributed by atoms with Crippen molar-refractivity contribution in [3.8, 4) is 0 Å². The number of piperazine rings is 1. The Bertz CT molecular complexity index is 1670. The van der Waals surface area contributed by atoms with Crippen molar-refractivity contribution in [3.63, 3.8) is 0 Å². The lowest BCUT2D eigenvalue weighted by atomic mass is 9.89. The maximum Gasteiger partial charge on any atom is 0.347 e. The number of nitrogens with zero attached hydrogens (tertiary/aromatic N) is 6. The van der Waals surface area contributed by atoms with E-state index in [1.54, 1.807) is 61.2 Å². The van der Waals surface area contributed by atoms with Crippen LogP contribution in [0.15, 0.2) is 35.3 Å². The average molecular weight is 907 g/mol. The molecule has 2 fully saturated rings. The third-order valence-corrected chi connectivity index (χ3v) is 13.9. The number of hydrogen-bond donors (Lipinski definition) is 4. The van der Waals surface area contributed by atoms with Crippen molar-refractivity contribution in [1.29, 1.82) is 0 Å². The third-order valence-electron chi connectivity index (χ3n) is 12.8. The number of hydrogen-bond acceptors (Lipinski definition) is 9. The molecule has 2 heterocycles. The maximum absolute atomic E-state index is 14.7. The fraction of sp³-hybridized carbons (Fsp3) is 0.756. The number of nitrogens with one attached hydrogen (secondary N) is 1. The molecule has 0 bridgehead atoms. The normalized spacial score (nSPS) is 19.6. The van der Waals surface area contributed by atoms with Crippen LogP contribution in [0.4, 0.5) is 0 Å². The summed E-state index contributed by atoms with van der Waals surface area (Å²) in [5.74, 6) is -2.63. The van der Waals surface area contributed by atoms with Crippen LogP contribution in [0.5, 0.6) is 0 Å². The number of aliphatic imine (C=N–C) groups is 1. The molecule has 63 heavy (non-hydrogen) atoms. The summed E-state index contributed by atoms with van der Waals surface area (Å²) in [6.45, 7) is 13.1. The second kappa shape index (κ2) is 25.8. The molecule has 2 aliphatic rings. The Kier molecular flexibility index (Phi) is 22.0. The van der Waals surface area contributed by atoms with Gasteiger partial charge in [0.25, 0.3) is 0 Å². The van der Waals surface area contributed by atoms with Crippen LogP contribution >= 0.6 is 7.60 Å². The van der Waals surface area contributed by atoms with Crippen LogP contribution in [0, 0.1) is 17.8 Å². The molecule has 2 aliphatic heterocycles. The van der Waals surface area contributed by atoms with E-state index in [1.165, 1.54) is 7.11 Å². The number of carbonyl (C=O) groups is 4. The summed E-state index contributed by atoms with van der Waals surface area (Å²) in [6.07, 6.45) is 3.66. The van der Waals surface area contributed by atoms with E-state index >= 15 is 0 Å². The topological polar surface area (TPSA) is 211 Å². The summed E-state index contributed by atoms with van der Waals surface area (Å²) >= 11 is 0. The molecule has 0 aliphatic carbocycles. The molecule has 0 unspecified atom stereocenters. The highest BCUT2D eigenvalue weighted by Crippen LogP contribution is 2.41. The number of likely N-dealkylation sites (N-methyl/N-ethyl adjacent to an activating group) is 1. The Morgan fingerprint density at radius 1 is 0.921 bits per heavy atom. The predicted octanol–water partition coefficient (Wildman–Crippen LogP) is 3.37. The molecule has 358 valence electrons. The van der Waals surface area contributed by atoms with E-state index in [0.717, 1.165) is 25.7 Å². The second-order valence-electron chi connectivity index (χ2n) is 17.9. The highest BCUT2D eigenvalue weighted by molar-refractivity contribution is 7.52. The SMILES string of the molecule is CC[C@H](C)[C@@H]([C@@H](CC(=O)N1CCC[C@H]1[C@H](OC)[C@@H](C)C(=O)N[C@@H](Cc1ccccc1)P(=O)(O)O)OC)N(C)C(=O)[C@@H](N=C(N(C)C)N1CCN(C(=O)CCCCCN)CC1)C(C)C. The van der Waals surface area contributed by atoms with Crippen molar-refractivity contribution in [2.45, 2.75) is 129 Å². The second-order valence-corrected chi connectivity index (χ2v) is 19.7. The van der Waals surface area contributed by atoms with Crippen molar-refractivity contribution < 1.29 is 43.0 Å². The van der Waals surface area contributed by atoms with Gasteiger partial charge in [-0.3, -0.25) is 23.7 Å². The third kappa shape index (κ3) is 15.2. The largest absolute Gasteiger partial charge is 0.379 e. The first-order valence-electron chi connectivity index (χ1n) is 22.8. The number of unbranched alkanes of at least 4 members (excludes halogenated alkanes) is 2. The molecule has 1 aromatic rings. The van der Waals surface area contributed by atoms with Crippen molar-refractivity contribution in [1.82, 2.24) is 29.8 Å². The van der Waals surface area contributed by atoms with Crippen LogP contribution in [0.2, 0.25) is 0 Å². The Morgan fingerprint density at radius 3 is 2.10 bits per heavy atom. The summed E-state index contributed by atoms with van der Waals surface area (Å²) in [7, 11) is 3.88. The molecule has 18 heteroatoms. The summed E-state index contributed by atoms with van der Waals surface area (Å²) in [6, 6.07) is 7.13. The minimum Gasteiger partial charge on any atom is -0.379 e. The number of benzene rings is 1. The Morgan fingerprint density at radius 2 is 1.56 bits per heavy atom. The molecule has 0 saturated carbocycles. The van der Waals surface area contributed by atoms with E-state index in [9.17, 15) is 33.5 Å². The zero-order chi connectivity index (χ0) is 47.0. The lowest BCUT2D eigenvalue weighted by Gasteiger charge is -2.41. The zero-order valence-corrected chi connectivity index (χ0v) is 40.5. The lowest BCUT2D eigenvalue weighted by molar-refractivity contribution is -0.146. The van der Waals surface area contributed by atoms with E-state index in [0.29, 0.717) is 70.1 Å². The van der Waals surface area contributed by atoms with E-state index in [-0.39, 0.29) is 42.4 Å². The average Bonchev–Trinajstić information content (AvgIpc) is 3.74. The van der Waals surface area contributed by atoms with Gasteiger partial charge in [-0.25, -0.2) is 4.99 Å². The first-order chi connectivity index (χ1) is 29.8. The number of guanidine groups is 1. The molecular formula is C45H79N8O9P. The van der Waals surface area contributed by atoms with Crippen LogP contribution in [-0.2, 0) is 39.6 Å². The van der Waals surface area contributed by atoms with Gasteiger partial charge in [-0.05, 0) is 49.6 Å². The summed E-state index contributed by atoms with van der Waals surface area (Å²) in [5.41, 5.74) is 6.28. The van der Waals surface area contributed by atoms with Crippen molar-refractivity contribution >= 4 is 37.2 Å². The molecule has 5 N–H and O–H groups in total. The van der Waals surface area contributed by atoms with Crippen molar-refractivity contribution in [2.24, 2.45) is 28.5 Å². The van der Waals surface area contributed by atoms with E-state index in [2.05, 4.69) is 10.2 Å². The van der Waals surface area contributed by atoms with E-state index in [1.807, 2.05) is 51.6 Å². The minimum atomic E-state index is -4.73. The van der Waals surface area contributed by atoms with E-state index < -0.39 is 55.5 Å². The molecule has 4 amide bonds. The van der Waals surface area contributed by atoms with Crippen LogP contribution in [0.3, 0.4) is 0 Å². The van der Waals surface area contributed by atoms with Crippen molar-refractivity contribution in [2.75, 3.05) is 74.6 Å². The summed E-state index contributed by atoms with van der Waals surface area (Å²) < 4.78 is 24.5. The standard InChI is InChI=1S/C45H79N8O9P/c1-11-32(4)41(50(8)44(57)40(31(2)3)48-45(49(6)7)52-27-25-51(26-28-52)38(54)22-16-13-17-23-46)36(61-9)30-39(55)53-24-18-21-35(53)42(62-10)33(5)43(56)47-37(63(58,59)60)29-34-19-14-12-15-20-34/h12,14-15,19-20,31-33,35-37,40-42H,11,13,16-18,21-30,46H2,1-10H3,(H,47,56)(H2,58,59,60)/t32-,33+,35-,36+,37+,40-,41-,42+/m0/s1. The van der Waals surface area contributed by atoms with Gasteiger partial charge in [-0.15, -0.1) is 0 Å². The minimum absolute atomic E-state index is 0.0252. The van der Waals surface area contributed by atoms with Gasteiger partial charge in [0.1, 0.15) is 11.8 Å². The van der Waals surface area contributed by atoms with Crippen LogP contribution in [0.25, 0.3) is 0 Å². The van der Waals surface area contributed by atoms with Gasteiger partial charge >= 0.3 is 7.60 Å². The fourth-order valence-corrected chi connectivity index (χ4v) is 9.65. The first-order valence-corrected chi connectivity index (χ1v) is 24.5. The van der Waals surface area contributed by atoms with Gasteiger partial charge < -0.3 is 54.8 Å². The van der Waals surface area contributed by atoms with Crippen LogP contribution in [-0.4, -0.2) is 175 Å². The molecule has 2 saturated heterocycles. The summed E-state index contributed by atoms with van der Waals surface area (Å²) in [5, 5.41) is 2.58. The van der Waals surface area contributed by atoms with Gasteiger partial charge in [0.15, 0.2) is 5.96 Å². The number of rotatable bonds is 23. The van der Waals surface area contributed by atoms with Gasteiger partial charge in [-0.1, -0.05) is 77.8 Å². The predicted molar refractivity (Wildman–Crippen MR) is 246 cm³/mol. The molecule has 8 atom stereocenters. The highest BCUT2D eigenvalue weighted by atomic mass is 31.2. The Labute approximate surface area is 376 Å². The molecule has 3 rings (SSSR count). The lowest BCUT2D eigenvalue weighted by Crippen LogP contribution is -2.56. The molecule has 17 nitrogen and oxygen atoms in total.